The van der Waals surface area contributed by atoms with E-state index in [0.717, 1.165) is 10.6 Å². The Kier molecular flexibility index (Phi) is 7.42. The number of amides is 1. The van der Waals surface area contributed by atoms with Crippen LogP contribution in [0.3, 0.4) is 0 Å². The van der Waals surface area contributed by atoms with E-state index in [2.05, 4.69) is 19.2 Å². The molecular formula is C14H22Cl2N2O. The minimum Gasteiger partial charge on any atom is -0.355 e. The van der Waals surface area contributed by atoms with Crippen LogP contribution in [0.1, 0.15) is 32.8 Å². The lowest BCUT2D eigenvalue weighted by Crippen LogP contribution is -2.38. The number of carbonyl (C=O) groups excluding carboxylic acids is 1. The average Bonchev–Trinajstić information content (AvgIpc) is 2.26. The van der Waals surface area contributed by atoms with Gasteiger partial charge in [0, 0.05) is 29.4 Å². The van der Waals surface area contributed by atoms with E-state index >= 15 is 0 Å². The summed E-state index contributed by atoms with van der Waals surface area (Å²) in [5.41, 5.74) is 6.60. The van der Waals surface area contributed by atoms with Crippen LogP contribution in [0.5, 0.6) is 0 Å². The molecule has 0 aliphatic carbocycles. The van der Waals surface area contributed by atoms with Crippen molar-refractivity contribution in [2.75, 3.05) is 6.54 Å². The van der Waals surface area contributed by atoms with E-state index < -0.39 is 0 Å². The third-order valence-electron chi connectivity index (χ3n) is 2.86. The van der Waals surface area contributed by atoms with Gasteiger partial charge in [0.05, 0.1) is 0 Å². The fourth-order valence-corrected chi connectivity index (χ4v) is 1.81. The van der Waals surface area contributed by atoms with Crippen LogP contribution >= 0.6 is 24.0 Å². The van der Waals surface area contributed by atoms with Crippen molar-refractivity contribution in [1.82, 2.24) is 5.32 Å². The molecule has 0 aliphatic heterocycles. The quantitative estimate of drug-likeness (QED) is 0.879. The lowest BCUT2D eigenvalue weighted by atomic mass is 9.84. The fraction of sp³-hybridized carbons (Fsp3) is 0.500. The molecule has 108 valence electrons. The molecule has 1 amide bonds. The first-order chi connectivity index (χ1) is 8.31. The smallest absolute Gasteiger partial charge is 0.221 e. The van der Waals surface area contributed by atoms with Crippen molar-refractivity contribution in [3.05, 3.63) is 34.9 Å². The number of hydrogen-bond donors (Lipinski definition) is 2. The van der Waals surface area contributed by atoms with Crippen LogP contribution in [-0.4, -0.2) is 18.5 Å². The van der Waals surface area contributed by atoms with E-state index in [1.807, 2.05) is 31.2 Å². The molecular weight excluding hydrogens is 283 g/mol. The second kappa shape index (κ2) is 7.73. The standard InChI is InChI=1S/C14H21ClN2O.ClH/c1-10(16)8-13(18)17-9-14(2,3)11-4-6-12(15)7-5-11;/h4-7,10H,8-9,16H2,1-3H3,(H,17,18);1H. The predicted octanol–water partition coefficient (Wildman–Crippen LogP) is 2.89. The molecule has 1 atom stereocenters. The molecule has 0 fully saturated rings. The lowest BCUT2D eigenvalue weighted by molar-refractivity contribution is -0.121. The van der Waals surface area contributed by atoms with E-state index in [9.17, 15) is 4.79 Å². The molecule has 0 saturated heterocycles. The Hall–Kier alpha value is -0.770. The van der Waals surface area contributed by atoms with Gasteiger partial charge in [-0.25, -0.2) is 0 Å². The van der Waals surface area contributed by atoms with Crippen LogP contribution in [0.15, 0.2) is 24.3 Å². The van der Waals surface area contributed by atoms with Gasteiger partial charge >= 0.3 is 0 Å². The topological polar surface area (TPSA) is 55.1 Å². The summed E-state index contributed by atoms with van der Waals surface area (Å²) >= 11 is 5.86. The SMILES string of the molecule is CC(N)CC(=O)NCC(C)(C)c1ccc(Cl)cc1.Cl. The Morgan fingerprint density at radius 1 is 1.37 bits per heavy atom. The highest BCUT2D eigenvalue weighted by Crippen LogP contribution is 2.23. The molecule has 0 radical (unpaired) electrons. The molecule has 0 spiro atoms. The van der Waals surface area contributed by atoms with Crippen LogP contribution in [0.4, 0.5) is 0 Å². The third-order valence-corrected chi connectivity index (χ3v) is 3.11. The number of halogens is 2. The zero-order valence-corrected chi connectivity index (χ0v) is 13.1. The minimum atomic E-state index is -0.127. The molecule has 1 unspecified atom stereocenters. The first-order valence-corrected chi connectivity index (χ1v) is 6.47. The van der Waals surface area contributed by atoms with Gasteiger partial charge in [-0.1, -0.05) is 37.6 Å². The first-order valence-electron chi connectivity index (χ1n) is 6.09. The number of nitrogens with two attached hydrogens (primary N) is 1. The van der Waals surface area contributed by atoms with Gasteiger partial charge in [0.1, 0.15) is 0 Å². The van der Waals surface area contributed by atoms with Crippen molar-refractivity contribution in [1.29, 1.82) is 0 Å². The predicted molar refractivity (Wildman–Crippen MR) is 83.0 cm³/mol. The second-order valence-electron chi connectivity index (χ2n) is 5.35. The highest BCUT2D eigenvalue weighted by Gasteiger charge is 2.21. The maximum atomic E-state index is 11.6. The monoisotopic (exact) mass is 304 g/mol. The van der Waals surface area contributed by atoms with Gasteiger partial charge in [-0.15, -0.1) is 12.4 Å². The van der Waals surface area contributed by atoms with E-state index in [1.165, 1.54) is 0 Å². The van der Waals surface area contributed by atoms with Crippen LogP contribution in [0.25, 0.3) is 0 Å². The molecule has 0 bridgehead atoms. The summed E-state index contributed by atoms with van der Waals surface area (Å²) in [6, 6.07) is 7.59. The second-order valence-corrected chi connectivity index (χ2v) is 5.79. The molecule has 1 rings (SSSR count). The zero-order valence-electron chi connectivity index (χ0n) is 11.6. The zero-order chi connectivity index (χ0) is 13.8. The normalized spacial score (nSPS) is 12.5. The molecule has 0 saturated carbocycles. The Balaban J connectivity index is 0.00000324. The summed E-state index contributed by atoms with van der Waals surface area (Å²) in [7, 11) is 0. The molecule has 0 aromatic heterocycles. The van der Waals surface area contributed by atoms with Gasteiger partial charge in [-0.2, -0.15) is 0 Å². The van der Waals surface area contributed by atoms with Crippen molar-refractivity contribution < 1.29 is 4.79 Å². The van der Waals surface area contributed by atoms with Gasteiger partial charge in [0.25, 0.3) is 0 Å². The van der Waals surface area contributed by atoms with Crippen molar-refractivity contribution in [3.63, 3.8) is 0 Å². The number of carbonyl (C=O) groups is 1. The molecule has 1 aromatic rings. The Morgan fingerprint density at radius 2 is 1.89 bits per heavy atom. The molecule has 0 aliphatic rings. The maximum Gasteiger partial charge on any atom is 0.221 e. The Labute approximate surface area is 126 Å². The average molecular weight is 305 g/mol. The van der Waals surface area contributed by atoms with Crippen LogP contribution in [0, 0.1) is 0 Å². The van der Waals surface area contributed by atoms with Gasteiger partial charge in [-0.05, 0) is 24.6 Å². The Morgan fingerprint density at radius 3 is 2.37 bits per heavy atom. The summed E-state index contributed by atoms with van der Waals surface area (Å²) in [5.74, 6) is -0.00737. The molecule has 3 N–H and O–H groups in total. The summed E-state index contributed by atoms with van der Waals surface area (Å²) in [5, 5.41) is 3.63. The largest absolute Gasteiger partial charge is 0.355 e. The number of hydrogen-bond acceptors (Lipinski definition) is 2. The maximum absolute atomic E-state index is 11.6. The summed E-state index contributed by atoms with van der Waals surface area (Å²) in [4.78, 5) is 11.6. The van der Waals surface area contributed by atoms with Crippen molar-refractivity contribution >= 4 is 29.9 Å². The summed E-state index contributed by atoms with van der Waals surface area (Å²) in [6.45, 7) is 6.58. The van der Waals surface area contributed by atoms with E-state index in [-0.39, 0.29) is 29.8 Å². The highest BCUT2D eigenvalue weighted by molar-refractivity contribution is 6.30. The van der Waals surface area contributed by atoms with Gasteiger partial charge in [0.15, 0.2) is 0 Å². The fourth-order valence-electron chi connectivity index (χ4n) is 1.69. The Bertz CT molecular complexity index is 402. The minimum absolute atomic E-state index is 0. The van der Waals surface area contributed by atoms with Crippen LogP contribution in [-0.2, 0) is 10.2 Å². The highest BCUT2D eigenvalue weighted by atomic mass is 35.5. The van der Waals surface area contributed by atoms with E-state index in [4.69, 9.17) is 17.3 Å². The summed E-state index contributed by atoms with van der Waals surface area (Å²) < 4.78 is 0. The molecule has 1 aromatic carbocycles. The van der Waals surface area contributed by atoms with Crippen molar-refractivity contribution in [3.8, 4) is 0 Å². The van der Waals surface area contributed by atoms with Crippen molar-refractivity contribution in [2.45, 2.75) is 38.6 Å². The molecule has 19 heavy (non-hydrogen) atoms. The molecule has 3 nitrogen and oxygen atoms in total. The van der Waals surface area contributed by atoms with E-state index in [1.54, 1.807) is 0 Å². The van der Waals surface area contributed by atoms with Crippen LogP contribution < -0.4 is 11.1 Å². The summed E-state index contributed by atoms with van der Waals surface area (Å²) in [6.07, 6.45) is 0.358. The van der Waals surface area contributed by atoms with Gasteiger partial charge in [-0.3, -0.25) is 4.79 Å². The van der Waals surface area contributed by atoms with Gasteiger partial charge in [0.2, 0.25) is 5.91 Å². The number of nitrogens with one attached hydrogen (secondary N) is 1. The van der Waals surface area contributed by atoms with Gasteiger partial charge < -0.3 is 11.1 Å². The van der Waals surface area contributed by atoms with Crippen LogP contribution in [0.2, 0.25) is 5.02 Å². The number of rotatable bonds is 5. The lowest BCUT2D eigenvalue weighted by Gasteiger charge is -2.26. The van der Waals surface area contributed by atoms with E-state index in [0.29, 0.717) is 13.0 Å². The molecule has 0 heterocycles. The number of benzene rings is 1. The first kappa shape index (κ1) is 18.2. The van der Waals surface area contributed by atoms with Crippen molar-refractivity contribution in [2.24, 2.45) is 5.73 Å². The third kappa shape index (κ3) is 6.28. The molecule has 5 heteroatoms.